The molecule has 0 unspecified atom stereocenters. The van der Waals surface area contributed by atoms with Gasteiger partial charge in [0.1, 0.15) is 5.58 Å². The summed E-state index contributed by atoms with van der Waals surface area (Å²) >= 11 is 0. The zero-order valence-electron chi connectivity index (χ0n) is 16.0. The summed E-state index contributed by atoms with van der Waals surface area (Å²) in [7, 11) is 1.60. The zero-order valence-corrected chi connectivity index (χ0v) is 16.0. The fraction of sp³-hybridized carbons (Fsp3) is 0.286. The Hall–Kier alpha value is -3.39. The Morgan fingerprint density at radius 1 is 1.10 bits per heavy atom. The molecule has 0 saturated carbocycles. The first-order chi connectivity index (χ1) is 14.1. The molecule has 1 aliphatic rings. The molecule has 1 amide bonds. The van der Waals surface area contributed by atoms with E-state index >= 15 is 0 Å². The summed E-state index contributed by atoms with van der Waals surface area (Å²) in [6.07, 6.45) is 0. The van der Waals surface area contributed by atoms with E-state index in [1.807, 2.05) is 24.3 Å². The van der Waals surface area contributed by atoms with Gasteiger partial charge in [-0.1, -0.05) is 18.2 Å². The lowest BCUT2D eigenvalue weighted by atomic mass is 10.1. The van der Waals surface area contributed by atoms with Gasteiger partial charge >= 0.3 is 0 Å². The van der Waals surface area contributed by atoms with E-state index in [0.29, 0.717) is 44.1 Å². The quantitative estimate of drug-likeness (QED) is 0.486. The number of amides is 1. The van der Waals surface area contributed by atoms with E-state index in [1.165, 1.54) is 12.1 Å². The van der Waals surface area contributed by atoms with Crippen LogP contribution in [0.1, 0.15) is 16.1 Å². The van der Waals surface area contributed by atoms with E-state index in [4.69, 9.17) is 9.15 Å². The Morgan fingerprint density at radius 3 is 2.45 bits per heavy atom. The van der Waals surface area contributed by atoms with Crippen LogP contribution in [0.4, 0.5) is 11.4 Å². The molecule has 8 nitrogen and oxygen atoms in total. The lowest BCUT2D eigenvalue weighted by molar-refractivity contribution is -0.384. The van der Waals surface area contributed by atoms with Crippen molar-refractivity contribution in [1.29, 1.82) is 0 Å². The highest BCUT2D eigenvalue weighted by atomic mass is 16.6. The maximum absolute atomic E-state index is 13.1. The van der Waals surface area contributed by atoms with Crippen molar-refractivity contribution < 1.29 is 18.9 Å². The third kappa shape index (κ3) is 3.66. The van der Waals surface area contributed by atoms with E-state index < -0.39 is 4.92 Å². The van der Waals surface area contributed by atoms with Crippen molar-refractivity contribution in [1.82, 2.24) is 4.90 Å². The van der Waals surface area contributed by atoms with Gasteiger partial charge in [-0.15, -0.1) is 0 Å². The topological polar surface area (TPSA) is 89.1 Å². The SMILES string of the molecule is COCc1c(C(=O)N2CCN(c3ccc([N+](=O)[O-])cc3)CC2)oc2ccccc12. The van der Waals surface area contributed by atoms with Crippen LogP contribution in [-0.2, 0) is 11.3 Å². The van der Waals surface area contributed by atoms with Crippen LogP contribution >= 0.6 is 0 Å². The van der Waals surface area contributed by atoms with Crippen molar-refractivity contribution >= 4 is 28.3 Å². The lowest BCUT2D eigenvalue weighted by Gasteiger charge is -2.35. The maximum Gasteiger partial charge on any atom is 0.290 e. The molecule has 0 atom stereocenters. The van der Waals surface area contributed by atoms with E-state index in [2.05, 4.69) is 4.90 Å². The molecule has 150 valence electrons. The molecule has 1 aromatic heterocycles. The van der Waals surface area contributed by atoms with E-state index in [0.717, 1.165) is 16.6 Å². The number of carbonyl (C=O) groups excluding carboxylic acids is 1. The number of piperazine rings is 1. The van der Waals surface area contributed by atoms with Gasteiger partial charge in [0.05, 0.1) is 11.5 Å². The number of nitrogens with zero attached hydrogens (tertiary/aromatic N) is 3. The van der Waals surface area contributed by atoms with Crippen LogP contribution in [0.15, 0.2) is 52.9 Å². The second kappa shape index (κ2) is 7.92. The highest BCUT2D eigenvalue weighted by Crippen LogP contribution is 2.28. The third-order valence-corrected chi connectivity index (χ3v) is 5.17. The number of methoxy groups -OCH3 is 1. The smallest absolute Gasteiger partial charge is 0.290 e. The lowest BCUT2D eigenvalue weighted by Crippen LogP contribution is -2.48. The van der Waals surface area contributed by atoms with Crippen molar-refractivity contribution in [3.8, 4) is 0 Å². The number of hydrogen-bond donors (Lipinski definition) is 0. The number of rotatable bonds is 5. The molecule has 2 aromatic carbocycles. The van der Waals surface area contributed by atoms with Crippen molar-refractivity contribution in [2.45, 2.75) is 6.61 Å². The number of hydrogen-bond acceptors (Lipinski definition) is 6. The minimum absolute atomic E-state index is 0.0677. The van der Waals surface area contributed by atoms with E-state index in [-0.39, 0.29) is 11.6 Å². The van der Waals surface area contributed by atoms with Crippen LogP contribution < -0.4 is 4.90 Å². The van der Waals surface area contributed by atoms with Crippen LogP contribution in [0, 0.1) is 10.1 Å². The monoisotopic (exact) mass is 395 g/mol. The second-order valence-corrected chi connectivity index (χ2v) is 6.89. The predicted molar refractivity (Wildman–Crippen MR) is 108 cm³/mol. The molecule has 0 radical (unpaired) electrons. The number of carbonyl (C=O) groups is 1. The van der Waals surface area contributed by atoms with Gasteiger partial charge in [-0.2, -0.15) is 0 Å². The predicted octanol–water partition coefficient (Wildman–Crippen LogP) is 3.45. The number of non-ortho nitro benzene ring substituents is 1. The Bertz CT molecular complexity index is 1040. The molecule has 29 heavy (non-hydrogen) atoms. The number of nitro benzene ring substituents is 1. The summed E-state index contributed by atoms with van der Waals surface area (Å²) in [5, 5.41) is 11.7. The van der Waals surface area contributed by atoms with Gasteiger partial charge in [-0.25, -0.2) is 0 Å². The Morgan fingerprint density at radius 2 is 1.79 bits per heavy atom. The third-order valence-electron chi connectivity index (χ3n) is 5.17. The minimum atomic E-state index is -0.411. The molecule has 0 N–H and O–H groups in total. The highest BCUT2D eigenvalue weighted by molar-refractivity contribution is 5.99. The van der Waals surface area contributed by atoms with Crippen LogP contribution in [0.25, 0.3) is 11.0 Å². The number of nitro groups is 1. The van der Waals surface area contributed by atoms with Crippen LogP contribution in [0.3, 0.4) is 0 Å². The average molecular weight is 395 g/mol. The molecule has 0 spiro atoms. The Balaban J connectivity index is 1.48. The van der Waals surface area contributed by atoms with Crippen molar-refractivity contribution in [3.63, 3.8) is 0 Å². The number of para-hydroxylation sites is 1. The standard InChI is InChI=1S/C21H21N3O5/c1-28-14-18-17-4-2-3-5-19(17)29-20(18)21(25)23-12-10-22(11-13-23)15-6-8-16(9-7-15)24(26)27/h2-9H,10-14H2,1H3. The number of furan rings is 1. The van der Waals surface area contributed by atoms with Gasteiger partial charge in [0.25, 0.3) is 11.6 Å². The van der Waals surface area contributed by atoms with Gasteiger partial charge in [-0.05, 0) is 18.2 Å². The van der Waals surface area contributed by atoms with Crippen molar-refractivity contribution in [2.24, 2.45) is 0 Å². The van der Waals surface area contributed by atoms with Gasteiger partial charge in [0, 0.05) is 62.1 Å². The average Bonchev–Trinajstić information content (AvgIpc) is 3.12. The van der Waals surface area contributed by atoms with Gasteiger partial charge < -0.3 is 19.0 Å². The molecular formula is C21H21N3O5. The summed E-state index contributed by atoms with van der Waals surface area (Å²) in [5.74, 6) is 0.188. The zero-order chi connectivity index (χ0) is 20.4. The second-order valence-electron chi connectivity index (χ2n) is 6.89. The largest absolute Gasteiger partial charge is 0.451 e. The maximum atomic E-state index is 13.1. The van der Waals surface area contributed by atoms with Crippen LogP contribution in [0.2, 0.25) is 0 Å². The summed E-state index contributed by atoms with van der Waals surface area (Å²) in [4.78, 5) is 27.4. The van der Waals surface area contributed by atoms with E-state index in [1.54, 1.807) is 24.1 Å². The number of fused-ring (bicyclic) bond motifs is 1. The van der Waals surface area contributed by atoms with Crippen molar-refractivity contribution in [2.75, 3.05) is 38.2 Å². The summed E-state index contributed by atoms with van der Waals surface area (Å²) in [5.41, 5.74) is 2.42. The molecule has 3 aromatic rings. The molecule has 1 fully saturated rings. The molecule has 0 bridgehead atoms. The first-order valence-electron chi connectivity index (χ1n) is 9.36. The van der Waals surface area contributed by atoms with Crippen molar-refractivity contribution in [3.05, 3.63) is 70.0 Å². The van der Waals surface area contributed by atoms with Gasteiger partial charge in [-0.3, -0.25) is 14.9 Å². The molecule has 4 rings (SSSR count). The number of ether oxygens (including phenoxy) is 1. The first kappa shape index (κ1) is 18.9. The highest BCUT2D eigenvalue weighted by Gasteiger charge is 2.28. The van der Waals surface area contributed by atoms with Gasteiger partial charge in [0.15, 0.2) is 5.76 Å². The molecule has 1 aliphatic heterocycles. The molecule has 2 heterocycles. The van der Waals surface area contributed by atoms with E-state index in [9.17, 15) is 14.9 Å². The Kier molecular flexibility index (Phi) is 5.18. The summed E-state index contributed by atoms with van der Waals surface area (Å²) in [6, 6.07) is 14.0. The van der Waals surface area contributed by atoms with Crippen LogP contribution in [0.5, 0.6) is 0 Å². The molecule has 8 heteroatoms. The number of anilines is 1. The van der Waals surface area contributed by atoms with Gasteiger partial charge in [0.2, 0.25) is 0 Å². The fourth-order valence-corrected chi connectivity index (χ4v) is 3.66. The minimum Gasteiger partial charge on any atom is -0.451 e. The van der Waals surface area contributed by atoms with Crippen LogP contribution in [-0.4, -0.2) is 49.0 Å². The molecule has 1 saturated heterocycles. The molecular weight excluding hydrogens is 374 g/mol. The normalized spacial score (nSPS) is 14.4. The Labute approximate surface area is 167 Å². The molecule has 0 aliphatic carbocycles. The fourth-order valence-electron chi connectivity index (χ4n) is 3.66. The number of benzene rings is 2. The first-order valence-corrected chi connectivity index (χ1v) is 9.36. The summed E-state index contributed by atoms with van der Waals surface area (Å²) in [6.45, 7) is 2.67. The summed E-state index contributed by atoms with van der Waals surface area (Å²) < 4.78 is 11.2.